The number of benzene rings is 1. The van der Waals surface area contributed by atoms with Crippen molar-refractivity contribution in [3.05, 3.63) is 28.5 Å². The van der Waals surface area contributed by atoms with Crippen LogP contribution < -0.4 is 4.74 Å². The third kappa shape index (κ3) is 3.21. The Balaban J connectivity index is 1.86. The molecule has 2 rings (SSSR count). The Morgan fingerprint density at radius 1 is 1.25 bits per heavy atom. The van der Waals surface area contributed by atoms with E-state index in [9.17, 15) is 4.39 Å². The van der Waals surface area contributed by atoms with Crippen molar-refractivity contribution < 1.29 is 9.13 Å². The number of hydrogen-bond acceptors (Lipinski definition) is 1. The maximum Gasteiger partial charge on any atom is 0.137 e. The zero-order chi connectivity index (χ0) is 11.4. The summed E-state index contributed by atoms with van der Waals surface area (Å²) in [4.78, 5) is 0. The summed E-state index contributed by atoms with van der Waals surface area (Å²) in [5, 5.41) is 0. The van der Waals surface area contributed by atoms with Gasteiger partial charge in [-0.2, -0.15) is 0 Å². The summed E-state index contributed by atoms with van der Waals surface area (Å²) in [5.74, 6) is 1.18. The van der Waals surface area contributed by atoms with Gasteiger partial charge < -0.3 is 4.74 Å². The Bertz CT molecular complexity index is 348. The summed E-state index contributed by atoms with van der Waals surface area (Å²) in [7, 11) is 0. The first-order valence-corrected chi connectivity index (χ1v) is 6.63. The van der Waals surface area contributed by atoms with Crippen LogP contribution in [-0.2, 0) is 0 Å². The van der Waals surface area contributed by atoms with E-state index in [0.29, 0.717) is 10.4 Å². The molecule has 0 unspecified atom stereocenters. The van der Waals surface area contributed by atoms with Gasteiger partial charge in [0.25, 0.3) is 0 Å². The third-order valence-electron chi connectivity index (χ3n) is 3.10. The topological polar surface area (TPSA) is 9.23 Å². The molecule has 0 atom stereocenters. The van der Waals surface area contributed by atoms with Gasteiger partial charge in [-0.1, -0.05) is 19.3 Å². The van der Waals surface area contributed by atoms with Crippen molar-refractivity contribution in [1.82, 2.24) is 0 Å². The smallest absolute Gasteiger partial charge is 0.137 e. The highest BCUT2D eigenvalue weighted by molar-refractivity contribution is 9.10. The Hall–Kier alpha value is -0.570. The minimum atomic E-state index is -0.245. The second-order valence-corrected chi connectivity index (χ2v) is 5.25. The van der Waals surface area contributed by atoms with E-state index in [1.165, 1.54) is 38.2 Å². The van der Waals surface area contributed by atoms with Crippen LogP contribution in [0.4, 0.5) is 4.39 Å². The molecule has 0 heterocycles. The molecule has 1 aromatic carbocycles. The highest BCUT2D eigenvalue weighted by atomic mass is 79.9. The quantitative estimate of drug-likeness (QED) is 0.792. The van der Waals surface area contributed by atoms with Gasteiger partial charge in [-0.05, 0) is 52.9 Å². The SMILES string of the molecule is Fc1ccc(OCC2CCCCC2)cc1Br. The summed E-state index contributed by atoms with van der Waals surface area (Å²) in [6, 6.07) is 4.81. The molecule has 16 heavy (non-hydrogen) atoms. The lowest BCUT2D eigenvalue weighted by Gasteiger charge is -2.21. The molecule has 1 aliphatic carbocycles. The van der Waals surface area contributed by atoms with Gasteiger partial charge in [0, 0.05) is 0 Å². The fourth-order valence-electron chi connectivity index (χ4n) is 2.13. The fourth-order valence-corrected chi connectivity index (χ4v) is 2.49. The molecular formula is C13H16BrFO. The minimum absolute atomic E-state index is 0.245. The zero-order valence-corrected chi connectivity index (χ0v) is 10.8. The van der Waals surface area contributed by atoms with Crippen molar-refractivity contribution in [2.45, 2.75) is 32.1 Å². The minimum Gasteiger partial charge on any atom is -0.493 e. The molecule has 88 valence electrons. The monoisotopic (exact) mass is 286 g/mol. The van der Waals surface area contributed by atoms with Crippen LogP contribution in [0.2, 0.25) is 0 Å². The molecular weight excluding hydrogens is 271 g/mol. The standard InChI is InChI=1S/C13H16BrFO/c14-12-8-11(6-7-13(12)15)16-9-10-4-2-1-3-5-10/h6-8,10H,1-5,9H2. The molecule has 1 nitrogen and oxygen atoms in total. The predicted molar refractivity (Wildman–Crippen MR) is 66.2 cm³/mol. The van der Waals surface area contributed by atoms with Crippen molar-refractivity contribution in [2.75, 3.05) is 6.61 Å². The van der Waals surface area contributed by atoms with Crippen molar-refractivity contribution in [2.24, 2.45) is 5.92 Å². The van der Waals surface area contributed by atoms with E-state index < -0.39 is 0 Å². The van der Waals surface area contributed by atoms with Gasteiger partial charge in [0.2, 0.25) is 0 Å². The first-order valence-electron chi connectivity index (χ1n) is 5.83. The Kier molecular flexibility index (Phi) is 4.22. The van der Waals surface area contributed by atoms with Crippen LogP contribution in [0.3, 0.4) is 0 Å². The molecule has 0 saturated heterocycles. The van der Waals surface area contributed by atoms with Crippen LogP contribution in [0.15, 0.2) is 22.7 Å². The highest BCUT2D eigenvalue weighted by Gasteiger charge is 2.14. The maximum atomic E-state index is 13.0. The van der Waals surface area contributed by atoms with Crippen molar-refractivity contribution in [3.8, 4) is 5.75 Å². The van der Waals surface area contributed by atoms with Gasteiger partial charge >= 0.3 is 0 Å². The molecule has 0 aromatic heterocycles. The lowest BCUT2D eigenvalue weighted by molar-refractivity contribution is 0.208. The second kappa shape index (κ2) is 5.67. The Morgan fingerprint density at radius 3 is 2.69 bits per heavy atom. The van der Waals surface area contributed by atoms with E-state index in [1.807, 2.05) is 0 Å². The first kappa shape index (κ1) is 11.9. The van der Waals surface area contributed by atoms with Crippen LogP contribution in [-0.4, -0.2) is 6.61 Å². The van der Waals surface area contributed by atoms with Crippen LogP contribution in [0.5, 0.6) is 5.75 Å². The third-order valence-corrected chi connectivity index (χ3v) is 3.71. The van der Waals surface area contributed by atoms with E-state index in [-0.39, 0.29) is 5.82 Å². The summed E-state index contributed by atoms with van der Waals surface area (Å²) in [6.45, 7) is 0.762. The largest absolute Gasteiger partial charge is 0.493 e. The molecule has 0 radical (unpaired) electrons. The summed E-state index contributed by atoms with van der Waals surface area (Å²) >= 11 is 3.16. The second-order valence-electron chi connectivity index (χ2n) is 4.39. The molecule has 3 heteroatoms. The fraction of sp³-hybridized carbons (Fsp3) is 0.538. The van der Waals surface area contributed by atoms with Gasteiger partial charge in [0.15, 0.2) is 0 Å². The zero-order valence-electron chi connectivity index (χ0n) is 9.22. The van der Waals surface area contributed by atoms with E-state index in [1.54, 1.807) is 12.1 Å². The Morgan fingerprint density at radius 2 is 2.00 bits per heavy atom. The molecule has 1 saturated carbocycles. The Labute approximate surface area is 104 Å². The lowest BCUT2D eigenvalue weighted by Crippen LogP contribution is -2.15. The van der Waals surface area contributed by atoms with Gasteiger partial charge in [-0.3, -0.25) is 0 Å². The average molecular weight is 287 g/mol. The predicted octanol–water partition coefficient (Wildman–Crippen LogP) is 4.55. The van der Waals surface area contributed by atoms with E-state index >= 15 is 0 Å². The highest BCUT2D eigenvalue weighted by Crippen LogP contribution is 2.26. The van der Waals surface area contributed by atoms with Gasteiger partial charge in [-0.25, -0.2) is 4.39 Å². The average Bonchev–Trinajstić information content (AvgIpc) is 2.32. The van der Waals surface area contributed by atoms with Gasteiger partial charge in [0.1, 0.15) is 11.6 Å². The van der Waals surface area contributed by atoms with Crippen LogP contribution in [0.25, 0.3) is 0 Å². The molecule has 0 spiro atoms. The van der Waals surface area contributed by atoms with Gasteiger partial charge in [0.05, 0.1) is 11.1 Å². The number of ether oxygens (including phenoxy) is 1. The first-order chi connectivity index (χ1) is 7.75. The van der Waals surface area contributed by atoms with Crippen LogP contribution >= 0.6 is 15.9 Å². The number of hydrogen-bond donors (Lipinski definition) is 0. The van der Waals surface area contributed by atoms with Crippen molar-refractivity contribution >= 4 is 15.9 Å². The lowest BCUT2D eigenvalue weighted by atomic mass is 9.90. The molecule has 0 N–H and O–H groups in total. The van der Waals surface area contributed by atoms with Crippen LogP contribution in [0.1, 0.15) is 32.1 Å². The normalized spacial score (nSPS) is 17.4. The van der Waals surface area contributed by atoms with Gasteiger partial charge in [-0.15, -0.1) is 0 Å². The molecule has 0 amide bonds. The van der Waals surface area contributed by atoms with Crippen molar-refractivity contribution in [1.29, 1.82) is 0 Å². The maximum absolute atomic E-state index is 13.0. The molecule has 1 aliphatic rings. The van der Waals surface area contributed by atoms with E-state index in [0.717, 1.165) is 12.4 Å². The summed E-state index contributed by atoms with van der Waals surface area (Å²) < 4.78 is 19.1. The van der Waals surface area contributed by atoms with E-state index in [2.05, 4.69) is 15.9 Å². The summed E-state index contributed by atoms with van der Waals surface area (Å²) in [6.07, 6.45) is 6.53. The molecule has 0 aliphatic heterocycles. The summed E-state index contributed by atoms with van der Waals surface area (Å²) in [5.41, 5.74) is 0. The molecule has 0 bridgehead atoms. The van der Waals surface area contributed by atoms with Crippen molar-refractivity contribution in [3.63, 3.8) is 0 Å². The molecule has 1 aromatic rings. The van der Waals surface area contributed by atoms with E-state index in [4.69, 9.17) is 4.74 Å². The molecule has 1 fully saturated rings. The number of halogens is 2. The van der Waals surface area contributed by atoms with Crippen LogP contribution in [0, 0.1) is 11.7 Å². The number of rotatable bonds is 3.